The smallest absolute Gasteiger partial charge is 0.147 e. The Morgan fingerprint density at radius 1 is 1.35 bits per heavy atom. The molecule has 94 valence electrons. The van der Waals surface area contributed by atoms with E-state index in [9.17, 15) is 0 Å². The molecule has 4 nitrogen and oxygen atoms in total. The van der Waals surface area contributed by atoms with E-state index in [-0.39, 0.29) is 0 Å². The number of hydrogen-bond donors (Lipinski definition) is 2. The number of nitrogens with zero attached hydrogens (tertiary/aromatic N) is 2. The number of rotatable bonds is 3. The van der Waals surface area contributed by atoms with Gasteiger partial charge in [-0.1, -0.05) is 23.2 Å². The summed E-state index contributed by atoms with van der Waals surface area (Å²) in [4.78, 5) is 6.65. The lowest BCUT2D eigenvalue weighted by Gasteiger charge is -2.16. The monoisotopic (exact) mass is 274 g/mol. The number of anilines is 2. The number of pyridine rings is 1. The molecule has 2 N–H and O–H groups in total. The second-order valence-electron chi connectivity index (χ2n) is 4.29. The molecule has 1 aliphatic heterocycles. The molecule has 0 bridgehead atoms. The van der Waals surface area contributed by atoms with Crippen LogP contribution in [0.4, 0.5) is 11.6 Å². The van der Waals surface area contributed by atoms with Crippen molar-refractivity contribution in [2.45, 2.75) is 12.5 Å². The van der Waals surface area contributed by atoms with E-state index in [1.54, 1.807) is 13.1 Å². The van der Waals surface area contributed by atoms with Crippen LogP contribution in [0.15, 0.2) is 6.07 Å². The molecule has 0 spiro atoms. The molecule has 0 radical (unpaired) electrons. The van der Waals surface area contributed by atoms with Gasteiger partial charge >= 0.3 is 0 Å². The van der Waals surface area contributed by atoms with E-state index < -0.39 is 0 Å². The molecule has 0 saturated carbocycles. The number of halogens is 2. The SMILES string of the molecule is CNc1nc(NC2CCN(C)C2)c(Cl)cc1Cl. The third-order valence-electron chi connectivity index (χ3n) is 2.90. The van der Waals surface area contributed by atoms with Gasteiger partial charge in [0.05, 0.1) is 10.0 Å². The summed E-state index contributed by atoms with van der Waals surface area (Å²) in [7, 11) is 3.90. The molecule has 0 aliphatic carbocycles. The van der Waals surface area contributed by atoms with Crippen LogP contribution >= 0.6 is 23.2 Å². The lowest BCUT2D eigenvalue weighted by atomic mass is 10.2. The molecular formula is C11H16Cl2N4. The average Bonchev–Trinajstić information content (AvgIpc) is 2.68. The number of nitrogens with one attached hydrogen (secondary N) is 2. The minimum Gasteiger partial charge on any atom is -0.372 e. The normalized spacial score (nSPS) is 20.6. The summed E-state index contributed by atoms with van der Waals surface area (Å²) in [6, 6.07) is 2.11. The van der Waals surface area contributed by atoms with Gasteiger partial charge in [-0.25, -0.2) is 4.98 Å². The second kappa shape index (κ2) is 5.29. The summed E-state index contributed by atoms with van der Waals surface area (Å²) in [5.74, 6) is 1.34. The third kappa shape index (κ3) is 2.94. The number of likely N-dealkylation sites (N-methyl/N-ethyl adjacent to an activating group) is 1. The minimum atomic E-state index is 0.399. The van der Waals surface area contributed by atoms with Crippen molar-refractivity contribution >= 4 is 34.8 Å². The highest BCUT2D eigenvalue weighted by Gasteiger charge is 2.20. The molecule has 6 heteroatoms. The second-order valence-corrected chi connectivity index (χ2v) is 5.11. The fourth-order valence-corrected chi connectivity index (χ4v) is 2.50. The van der Waals surface area contributed by atoms with E-state index >= 15 is 0 Å². The first-order valence-corrected chi connectivity index (χ1v) is 6.34. The summed E-state index contributed by atoms with van der Waals surface area (Å²) in [6.07, 6.45) is 1.10. The quantitative estimate of drug-likeness (QED) is 0.889. The van der Waals surface area contributed by atoms with Gasteiger partial charge in [-0.2, -0.15) is 0 Å². The number of hydrogen-bond acceptors (Lipinski definition) is 4. The maximum Gasteiger partial charge on any atom is 0.147 e. The van der Waals surface area contributed by atoms with Gasteiger partial charge in [0.1, 0.15) is 11.6 Å². The predicted molar refractivity (Wildman–Crippen MR) is 73.3 cm³/mol. The van der Waals surface area contributed by atoms with Gasteiger partial charge in [0.2, 0.25) is 0 Å². The van der Waals surface area contributed by atoms with Gasteiger partial charge in [0.25, 0.3) is 0 Å². The summed E-state index contributed by atoms with van der Waals surface area (Å²) >= 11 is 12.1. The zero-order valence-corrected chi connectivity index (χ0v) is 11.4. The Labute approximate surface area is 111 Å². The van der Waals surface area contributed by atoms with Crippen LogP contribution < -0.4 is 10.6 Å². The molecule has 1 fully saturated rings. The van der Waals surface area contributed by atoms with Gasteiger partial charge in [-0.15, -0.1) is 0 Å². The van der Waals surface area contributed by atoms with Gasteiger partial charge in [-0.3, -0.25) is 0 Å². The zero-order valence-electron chi connectivity index (χ0n) is 9.93. The Hall–Kier alpha value is -0.710. The van der Waals surface area contributed by atoms with E-state index in [1.807, 2.05) is 0 Å². The molecule has 0 aromatic carbocycles. The van der Waals surface area contributed by atoms with E-state index in [2.05, 4.69) is 27.6 Å². The first-order chi connectivity index (χ1) is 8.10. The highest BCUT2D eigenvalue weighted by Crippen LogP contribution is 2.29. The molecule has 17 heavy (non-hydrogen) atoms. The maximum absolute atomic E-state index is 6.12. The number of likely N-dealkylation sites (tertiary alicyclic amines) is 1. The third-order valence-corrected chi connectivity index (χ3v) is 3.47. The van der Waals surface area contributed by atoms with Gasteiger partial charge in [-0.05, 0) is 26.1 Å². The molecule has 2 heterocycles. The van der Waals surface area contributed by atoms with Crippen LogP contribution in [0.5, 0.6) is 0 Å². The van der Waals surface area contributed by atoms with Gasteiger partial charge in [0, 0.05) is 19.6 Å². The van der Waals surface area contributed by atoms with Crippen LogP contribution in [0.1, 0.15) is 6.42 Å². The molecule has 1 aromatic rings. The van der Waals surface area contributed by atoms with Crippen LogP contribution in [0, 0.1) is 0 Å². The lowest BCUT2D eigenvalue weighted by molar-refractivity contribution is 0.414. The maximum atomic E-state index is 6.12. The topological polar surface area (TPSA) is 40.2 Å². The van der Waals surface area contributed by atoms with Crippen LogP contribution in [0.3, 0.4) is 0 Å². The highest BCUT2D eigenvalue weighted by atomic mass is 35.5. The first kappa shape index (κ1) is 12.7. The molecule has 1 unspecified atom stereocenters. The van der Waals surface area contributed by atoms with Crippen LogP contribution in [-0.4, -0.2) is 43.1 Å². The fraction of sp³-hybridized carbons (Fsp3) is 0.545. The molecule has 1 saturated heterocycles. The van der Waals surface area contributed by atoms with E-state index in [0.717, 1.165) is 19.5 Å². The molecule has 1 aliphatic rings. The van der Waals surface area contributed by atoms with Crippen LogP contribution in [0.25, 0.3) is 0 Å². The lowest BCUT2D eigenvalue weighted by Crippen LogP contribution is -2.24. The Balaban J connectivity index is 2.15. The van der Waals surface area contributed by atoms with Crippen molar-refractivity contribution in [3.05, 3.63) is 16.1 Å². The fourth-order valence-electron chi connectivity index (χ4n) is 1.99. The Morgan fingerprint density at radius 3 is 2.65 bits per heavy atom. The van der Waals surface area contributed by atoms with E-state index in [0.29, 0.717) is 27.7 Å². The van der Waals surface area contributed by atoms with Gasteiger partial charge in [0.15, 0.2) is 0 Å². The van der Waals surface area contributed by atoms with Crippen molar-refractivity contribution in [2.75, 3.05) is 37.8 Å². The summed E-state index contributed by atoms with van der Waals surface area (Å²) < 4.78 is 0. The Morgan fingerprint density at radius 2 is 2.06 bits per heavy atom. The predicted octanol–water partition coefficient (Wildman–Crippen LogP) is 2.55. The van der Waals surface area contributed by atoms with Crippen molar-refractivity contribution in [3.63, 3.8) is 0 Å². The molecule has 1 aromatic heterocycles. The Kier molecular flexibility index (Phi) is 3.97. The van der Waals surface area contributed by atoms with E-state index in [1.165, 1.54) is 0 Å². The van der Waals surface area contributed by atoms with Crippen molar-refractivity contribution in [1.82, 2.24) is 9.88 Å². The van der Waals surface area contributed by atoms with E-state index in [4.69, 9.17) is 23.2 Å². The largest absolute Gasteiger partial charge is 0.372 e. The summed E-state index contributed by atoms with van der Waals surface area (Å²) in [6.45, 7) is 2.11. The number of aromatic nitrogens is 1. The average molecular weight is 275 g/mol. The first-order valence-electron chi connectivity index (χ1n) is 5.59. The molecule has 2 rings (SSSR count). The zero-order chi connectivity index (χ0) is 12.4. The molecule has 0 amide bonds. The minimum absolute atomic E-state index is 0.399. The molecular weight excluding hydrogens is 259 g/mol. The van der Waals surface area contributed by atoms with Crippen molar-refractivity contribution in [3.8, 4) is 0 Å². The van der Waals surface area contributed by atoms with Crippen LogP contribution in [-0.2, 0) is 0 Å². The standard InChI is InChI=1S/C11H16Cl2N4/c1-14-10-8(12)5-9(13)11(16-10)15-7-3-4-17(2)6-7/h5,7H,3-4,6H2,1-2H3,(H2,14,15,16). The van der Waals surface area contributed by atoms with Crippen molar-refractivity contribution in [2.24, 2.45) is 0 Å². The summed E-state index contributed by atoms with van der Waals surface area (Å²) in [5, 5.41) is 7.40. The van der Waals surface area contributed by atoms with Gasteiger partial charge < -0.3 is 15.5 Å². The van der Waals surface area contributed by atoms with Crippen molar-refractivity contribution < 1.29 is 0 Å². The van der Waals surface area contributed by atoms with Crippen LogP contribution in [0.2, 0.25) is 10.0 Å². The summed E-state index contributed by atoms with van der Waals surface area (Å²) in [5.41, 5.74) is 0. The highest BCUT2D eigenvalue weighted by molar-refractivity contribution is 6.37. The van der Waals surface area contributed by atoms with Crippen molar-refractivity contribution in [1.29, 1.82) is 0 Å². The Bertz CT molecular complexity index is 411. The molecule has 1 atom stereocenters.